The molecule has 1 saturated heterocycles. The summed E-state index contributed by atoms with van der Waals surface area (Å²) in [5.74, 6) is -1.37. The number of nitrogens with zero attached hydrogens (tertiary/aromatic N) is 2. The molecule has 0 unspecified atom stereocenters. The fraction of sp³-hybridized carbons (Fsp3) is 0.174. The lowest BCUT2D eigenvalue weighted by atomic mass is 9.94. The number of hydrogen-bond donors (Lipinski definition) is 1. The highest BCUT2D eigenvalue weighted by atomic mass is 19.1. The van der Waals surface area contributed by atoms with Crippen LogP contribution in [0, 0.1) is 19.7 Å². The van der Waals surface area contributed by atoms with Crippen LogP contribution in [0.15, 0.2) is 58.6 Å². The zero-order valence-electron chi connectivity index (χ0n) is 17.0. The Bertz CT molecular complexity index is 1210. The first kappa shape index (κ1) is 20.3. The molecule has 158 valence electrons. The summed E-state index contributed by atoms with van der Waals surface area (Å²) in [7, 11) is 1.53. The summed E-state index contributed by atoms with van der Waals surface area (Å²) < 4.78 is 23.9. The summed E-state index contributed by atoms with van der Waals surface area (Å²) in [5, 5.41) is 14.9. The fourth-order valence-corrected chi connectivity index (χ4v) is 3.68. The molecule has 0 bridgehead atoms. The number of Topliss-reactive ketones (excluding diaryl/α,β-unsaturated/α-hetero) is 1. The molecule has 1 aliphatic rings. The lowest BCUT2D eigenvalue weighted by Gasteiger charge is -2.22. The number of halogens is 1. The van der Waals surface area contributed by atoms with Crippen LogP contribution in [0.3, 0.4) is 0 Å². The predicted octanol–water partition coefficient (Wildman–Crippen LogP) is 4.07. The van der Waals surface area contributed by atoms with Crippen LogP contribution in [0.5, 0.6) is 5.75 Å². The van der Waals surface area contributed by atoms with Crippen LogP contribution < -0.4 is 9.64 Å². The Morgan fingerprint density at radius 3 is 2.42 bits per heavy atom. The highest BCUT2D eigenvalue weighted by Gasteiger charge is 2.48. The minimum absolute atomic E-state index is 0.123. The van der Waals surface area contributed by atoms with E-state index < -0.39 is 23.5 Å². The number of aliphatic hydroxyl groups is 1. The number of hydrogen-bond acceptors (Lipinski definition) is 6. The summed E-state index contributed by atoms with van der Waals surface area (Å²) >= 11 is 0. The van der Waals surface area contributed by atoms with Gasteiger partial charge in [-0.25, -0.2) is 4.39 Å². The van der Waals surface area contributed by atoms with Gasteiger partial charge in [0.2, 0.25) is 0 Å². The molecule has 0 saturated carbocycles. The Labute approximate surface area is 177 Å². The van der Waals surface area contributed by atoms with Crippen LogP contribution in [0.4, 0.5) is 10.2 Å². The molecule has 8 heteroatoms. The molecule has 1 aliphatic heterocycles. The zero-order chi connectivity index (χ0) is 22.3. The Balaban J connectivity index is 1.93. The molecule has 0 aliphatic carbocycles. The van der Waals surface area contributed by atoms with Crippen molar-refractivity contribution in [2.45, 2.75) is 19.9 Å². The Morgan fingerprint density at radius 2 is 1.84 bits per heavy atom. The van der Waals surface area contributed by atoms with E-state index in [1.807, 2.05) is 0 Å². The number of ketones is 1. The number of ether oxygens (including phenoxy) is 1. The van der Waals surface area contributed by atoms with Gasteiger partial charge in [-0.1, -0.05) is 17.3 Å². The van der Waals surface area contributed by atoms with Gasteiger partial charge in [-0.15, -0.1) is 0 Å². The second-order valence-electron chi connectivity index (χ2n) is 7.20. The lowest BCUT2D eigenvalue weighted by Crippen LogP contribution is -2.29. The molecule has 31 heavy (non-hydrogen) atoms. The summed E-state index contributed by atoms with van der Waals surface area (Å²) in [4.78, 5) is 27.1. The van der Waals surface area contributed by atoms with Crippen molar-refractivity contribution in [1.29, 1.82) is 0 Å². The third-order valence-corrected chi connectivity index (χ3v) is 5.16. The molecule has 2 heterocycles. The number of aliphatic hydroxyl groups excluding tert-OH is 1. The van der Waals surface area contributed by atoms with Gasteiger partial charge in [0.05, 0.1) is 18.7 Å². The maximum Gasteiger partial charge on any atom is 0.301 e. The molecule has 7 nitrogen and oxygen atoms in total. The SMILES string of the molecule is COc1ccc(/C(O)=C2\C(=O)C(=O)N(c3cc(C)on3)[C@@H]2c2ccc(F)cc2)cc1C. The van der Waals surface area contributed by atoms with E-state index in [2.05, 4.69) is 5.16 Å². The first-order valence-corrected chi connectivity index (χ1v) is 9.46. The van der Waals surface area contributed by atoms with Crippen molar-refractivity contribution in [3.63, 3.8) is 0 Å². The average Bonchev–Trinajstić information content (AvgIpc) is 3.29. The summed E-state index contributed by atoms with van der Waals surface area (Å²) in [6.45, 7) is 3.45. The first-order chi connectivity index (χ1) is 14.8. The van der Waals surface area contributed by atoms with Crippen LogP contribution in [-0.2, 0) is 9.59 Å². The number of benzene rings is 2. The Hall–Kier alpha value is -3.94. The molecule has 1 atom stereocenters. The van der Waals surface area contributed by atoms with Gasteiger partial charge in [0.15, 0.2) is 5.82 Å². The monoisotopic (exact) mass is 422 g/mol. The van der Waals surface area contributed by atoms with Crippen molar-refractivity contribution < 1.29 is 28.3 Å². The Kier molecular flexibility index (Phi) is 5.06. The predicted molar refractivity (Wildman–Crippen MR) is 110 cm³/mol. The standard InChI is InChI=1S/C23H19FN2O5/c1-12-10-15(6-9-17(12)30-3)21(27)19-20(14-4-7-16(24)8-5-14)26(23(29)22(19)28)18-11-13(2)31-25-18/h4-11,20,27H,1-3H3/b21-19+/t20-/m1/s1. The molecule has 4 rings (SSSR count). The lowest BCUT2D eigenvalue weighted by molar-refractivity contribution is -0.132. The second-order valence-corrected chi connectivity index (χ2v) is 7.20. The molecule has 1 amide bonds. The van der Waals surface area contributed by atoms with Crippen LogP contribution in [0.25, 0.3) is 5.76 Å². The minimum Gasteiger partial charge on any atom is -0.507 e. The van der Waals surface area contributed by atoms with Gasteiger partial charge in [0, 0.05) is 11.6 Å². The van der Waals surface area contributed by atoms with Gasteiger partial charge in [0.25, 0.3) is 5.78 Å². The maximum atomic E-state index is 13.5. The topological polar surface area (TPSA) is 92.9 Å². The van der Waals surface area contributed by atoms with Crippen molar-refractivity contribution in [3.05, 3.63) is 82.4 Å². The number of rotatable bonds is 4. The van der Waals surface area contributed by atoms with Crippen LogP contribution in [-0.4, -0.2) is 29.1 Å². The Morgan fingerprint density at radius 1 is 1.13 bits per heavy atom. The van der Waals surface area contributed by atoms with E-state index >= 15 is 0 Å². The highest BCUT2D eigenvalue weighted by Crippen LogP contribution is 2.42. The molecule has 1 aromatic heterocycles. The second kappa shape index (κ2) is 7.71. The van der Waals surface area contributed by atoms with E-state index in [4.69, 9.17) is 9.26 Å². The number of methoxy groups -OCH3 is 1. The third kappa shape index (κ3) is 3.46. The summed E-state index contributed by atoms with van der Waals surface area (Å²) in [6, 6.07) is 10.8. The molecule has 0 radical (unpaired) electrons. The van der Waals surface area contributed by atoms with Crippen molar-refractivity contribution in [2.24, 2.45) is 0 Å². The maximum absolute atomic E-state index is 13.5. The van der Waals surface area contributed by atoms with Crippen LogP contribution in [0.1, 0.15) is 28.5 Å². The van der Waals surface area contributed by atoms with Crippen molar-refractivity contribution in [1.82, 2.24) is 5.16 Å². The minimum atomic E-state index is -1.01. The van der Waals surface area contributed by atoms with E-state index in [1.54, 1.807) is 32.0 Å². The molecule has 1 fully saturated rings. The van der Waals surface area contributed by atoms with Crippen LogP contribution >= 0.6 is 0 Å². The zero-order valence-corrected chi connectivity index (χ0v) is 17.0. The van der Waals surface area contributed by atoms with Gasteiger partial charge in [-0.3, -0.25) is 14.5 Å². The number of amides is 1. The van der Waals surface area contributed by atoms with Gasteiger partial charge >= 0.3 is 5.91 Å². The molecule has 3 aromatic rings. The highest BCUT2D eigenvalue weighted by molar-refractivity contribution is 6.51. The largest absolute Gasteiger partial charge is 0.507 e. The van der Waals surface area contributed by atoms with Gasteiger partial charge in [0.1, 0.15) is 23.1 Å². The molecular formula is C23H19FN2O5. The van der Waals surface area contributed by atoms with Gasteiger partial charge in [-0.2, -0.15) is 0 Å². The van der Waals surface area contributed by atoms with Crippen molar-refractivity contribution >= 4 is 23.3 Å². The van der Waals surface area contributed by atoms with E-state index in [0.717, 1.165) is 10.5 Å². The first-order valence-electron chi connectivity index (χ1n) is 9.46. The number of anilines is 1. The van der Waals surface area contributed by atoms with Gasteiger partial charge < -0.3 is 14.4 Å². The van der Waals surface area contributed by atoms with E-state index in [-0.39, 0.29) is 17.2 Å². The molecular weight excluding hydrogens is 403 g/mol. The van der Waals surface area contributed by atoms with Crippen molar-refractivity contribution in [3.8, 4) is 5.75 Å². The van der Waals surface area contributed by atoms with Crippen LogP contribution in [0.2, 0.25) is 0 Å². The number of aryl methyl sites for hydroxylation is 2. The third-order valence-electron chi connectivity index (χ3n) is 5.16. The van der Waals surface area contributed by atoms with Crippen molar-refractivity contribution in [2.75, 3.05) is 12.0 Å². The number of carbonyl (C=O) groups excluding carboxylic acids is 2. The van der Waals surface area contributed by atoms with E-state index in [1.165, 1.54) is 37.4 Å². The summed E-state index contributed by atoms with van der Waals surface area (Å²) in [5.41, 5.74) is 1.40. The number of carbonyl (C=O) groups is 2. The molecule has 0 spiro atoms. The smallest absolute Gasteiger partial charge is 0.301 e. The molecule has 2 aromatic carbocycles. The molecule has 1 N–H and O–H groups in total. The summed E-state index contributed by atoms with van der Waals surface area (Å²) in [6.07, 6.45) is 0. The van der Waals surface area contributed by atoms with Gasteiger partial charge in [-0.05, 0) is 55.3 Å². The number of aromatic nitrogens is 1. The quantitative estimate of drug-likeness (QED) is 0.387. The normalized spacial score (nSPS) is 17.9. The fourth-order valence-electron chi connectivity index (χ4n) is 3.68. The average molecular weight is 422 g/mol. The van der Waals surface area contributed by atoms with E-state index in [9.17, 15) is 19.1 Å². The van der Waals surface area contributed by atoms with E-state index in [0.29, 0.717) is 22.6 Å².